The molecule has 0 aliphatic carbocycles. The third-order valence-electron chi connectivity index (χ3n) is 3.72. The first kappa shape index (κ1) is 18.0. The van der Waals surface area contributed by atoms with Crippen LogP contribution in [-0.4, -0.2) is 11.8 Å². The van der Waals surface area contributed by atoms with Crippen LogP contribution in [-0.2, 0) is 21.3 Å². The van der Waals surface area contributed by atoms with Crippen molar-refractivity contribution in [2.75, 3.05) is 0 Å². The van der Waals surface area contributed by atoms with Gasteiger partial charge in [0, 0.05) is 11.6 Å². The SMILES string of the molecule is NC(=O)C1(c2ccsc2)C=C(NC(=O)c2cccc(C(F)(F)F)c2)ON1. The van der Waals surface area contributed by atoms with Crippen LogP contribution in [0.5, 0.6) is 0 Å². The highest BCUT2D eigenvalue weighted by molar-refractivity contribution is 7.08. The Morgan fingerprint density at radius 2 is 2.04 bits per heavy atom. The number of nitrogens with one attached hydrogen (secondary N) is 2. The van der Waals surface area contributed by atoms with Crippen molar-refractivity contribution >= 4 is 23.2 Å². The van der Waals surface area contributed by atoms with Crippen LogP contribution in [0, 0.1) is 0 Å². The first-order chi connectivity index (χ1) is 12.2. The number of hydrogen-bond donors (Lipinski definition) is 3. The van der Waals surface area contributed by atoms with Crippen molar-refractivity contribution in [2.24, 2.45) is 5.73 Å². The predicted molar refractivity (Wildman–Crippen MR) is 86.4 cm³/mol. The van der Waals surface area contributed by atoms with Crippen molar-refractivity contribution in [3.63, 3.8) is 0 Å². The third-order valence-corrected chi connectivity index (χ3v) is 4.41. The number of carbonyl (C=O) groups excluding carboxylic acids is 2. The second-order valence-corrected chi connectivity index (χ2v) is 6.21. The quantitative estimate of drug-likeness (QED) is 0.755. The monoisotopic (exact) mass is 383 g/mol. The standard InChI is InChI=1S/C16H12F3N3O3S/c17-16(18,19)10-3-1-2-9(6-10)13(23)21-12-7-15(14(20)24,22-25-12)11-4-5-26-8-11/h1-8,22H,(H2,20,24)(H,21,23). The largest absolute Gasteiger partial charge is 0.416 e. The van der Waals surface area contributed by atoms with E-state index in [4.69, 9.17) is 10.6 Å². The summed E-state index contributed by atoms with van der Waals surface area (Å²) in [6.07, 6.45) is -3.30. The molecule has 26 heavy (non-hydrogen) atoms. The Bertz CT molecular complexity index is 880. The van der Waals surface area contributed by atoms with Gasteiger partial charge < -0.3 is 10.6 Å². The summed E-state index contributed by atoms with van der Waals surface area (Å²) in [5, 5.41) is 5.72. The zero-order chi connectivity index (χ0) is 18.9. The highest BCUT2D eigenvalue weighted by Gasteiger charge is 2.43. The number of alkyl halides is 3. The second kappa shape index (κ2) is 6.46. The van der Waals surface area contributed by atoms with Crippen LogP contribution in [0.3, 0.4) is 0 Å². The highest BCUT2D eigenvalue weighted by Crippen LogP contribution is 2.31. The molecule has 0 bridgehead atoms. The molecule has 2 heterocycles. The molecule has 1 aliphatic rings. The Morgan fingerprint density at radius 1 is 1.27 bits per heavy atom. The maximum atomic E-state index is 12.8. The molecule has 136 valence electrons. The molecule has 1 aliphatic heterocycles. The first-order valence-electron chi connectivity index (χ1n) is 7.20. The Kier molecular flexibility index (Phi) is 4.46. The molecular formula is C16H12F3N3O3S. The van der Waals surface area contributed by atoms with Gasteiger partial charge in [0.25, 0.3) is 5.91 Å². The predicted octanol–water partition coefficient (Wildman–Crippen LogP) is 2.25. The maximum absolute atomic E-state index is 12.8. The normalized spacial score (nSPS) is 19.6. The lowest BCUT2D eigenvalue weighted by Gasteiger charge is -2.20. The van der Waals surface area contributed by atoms with Gasteiger partial charge in [-0.15, -0.1) is 5.48 Å². The molecule has 3 rings (SSSR count). The second-order valence-electron chi connectivity index (χ2n) is 5.43. The molecule has 6 nitrogen and oxygen atoms in total. The van der Waals surface area contributed by atoms with Crippen molar-refractivity contribution in [1.29, 1.82) is 0 Å². The van der Waals surface area contributed by atoms with Gasteiger partial charge in [-0.25, -0.2) is 0 Å². The third kappa shape index (κ3) is 3.28. The fourth-order valence-corrected chi connectivity index (χ4v) is 3.08. The van der Waals surface area contributed by atoms with E-state index in [1.807, 2.05) is 0 Å². The number of hydrogen-bond acceptors (Lipinski definition) is 5. The van der Waals surface area contributed by atoms with Crippen molar-refractivity contribution in [3.8, 4) is 0 Å². The van der Waals surface area contributed by atoms with Crippen LogP contribution in [0.4, 0.5) is 13.2 Å². The van der Waals surface area contributed by atoms with E-state index in [1.165, 1.54) is 23.5 Å². The molecular weight excluding hydrogens is 371 g/mol. The summed E-state index contributed by atoms with van der Waals surface area (Å²) in [4.78, 5) is 29.2. The van der Waals surface area contributed by atoms with Crippen molar-refractivity contribution in [2.45, 2.75) is 11.7 Å². The zero-order valence-corrected chi connectivity index (χ0v) is 13.8. The average Bonchev–Trinajstić information content (AvgIpc) is 3.24. The van der Waals surface area contributed by atoms with Crippen molar-refractivity contribution in [3.05, 3.63) is 69.7 Å². The lowest BCUT2D eigenvalue weighted by Crippen LogP contribution is -2.47. The molecule has 2 amide bonds. The van der Waals surface area contributed by atoms with Crippen LogP contribution < -0.4 is 16.5 Å². The summed E-state index contributed by atoms with van der Waals surface area (Å²) in [6, 6.07) is 5.59. The topological polar surface area (TPSA) is 93.5 Å². The molecule has 1 atom stereocenters. The Balaban J connectivity index is 1.84. The van der Waals surface area contributed by atoms with Gasteiger partial charge in [0.2, 0.25) is 11.8 Å². The van der Waals surface area contributed by atoms with Crippen molar-refractivity contribution < 1.29 is 27.6 Å². The minimum atomic E-state index is -4.57. The fourth-order valence-electron chi connectivity index (χ4n) is 2.37. The summed E-state index contributed by atoms with van der Waals surface area (Å²) in [7, 11) is 0. The molecule has 4 N–H and O–H groups in total. The van der Waals surface area contributed by atoms with Crippen LogP contribution in [0.1, 0.15) is 21.5 Å². The van der Waals surface area contributed by atoms with E-state index >= 15 is 0 Å². The summed E-state index contributed by atoms with van der Waals surface area (Å²) in [5.74, 6) is -1.73. The van der Waals surface area contributed by atoms with Crippen LogP contribution >= 0.6 is 11.3 Å². The van der Waals surface area contributed by atoms with Gasteiger partial charge in [0.05, 0.1) is 5.56 Å². The minimum absolute atomic E-state index is 0.141. The number of nitrogens with two attached hydrogens (primary N) is 1. The molecule has 0 radical (unpaired) electrons. The zero-order valence-electron chi connectivity index (χ0n) is 13.0. The summed E-state index contributed by atoms with van der Waals surface area (Å²) < 4.78 is 38.3. The molecule has 0 saturated heterocycles. The summed E-state index contributed by atoms with van der Waals surface area (Å²) in [5.41, 5.74) is 5.77. The molecule has 10 heteroatoms. The van der Waals surface area contributed by atoms with Gasteiger partial charge in [-0.05, 0) is 40.6 Å². The number of halogens is 3. The lowest BCUT2D eigenvalue weighted by atomic mass is 9.93. The number of rotatable bonds is 4. The Labute approximate surface area is 149 Å². The van der Waals surface area contributed by atoms with Crippen molar-refractivity contribution in [1.82, 2.24) is 10.8 Å². The Hall–Kier alpha value is -2.85. The van der Waals surface area contributed by atoms with Gasteiger partial charge in [-0.2, -0.15) is 24.5 Å². The molecule has 2 aromatic rings. The summed E-state index contributed by atoms with van der Waals surface area (Å²) in [6.45, 7) is 0. The number of hydroxylamine groups is 1. The number of thiophene rings is 1. The molecule has 0 spiro atoms. The van der Waals surface area contributed by atoms with Gasteiger partial charge in [-0.3, -0.25) is 14.9 Å². The maximum Gasteiger partial charge on any atom is 0.416 e. The van der Waals surface area contributed by atoms with Crippen LogP contribution in [0.2, 0.25) is 0 Å². The van der Waals surface area contributed by atoms with Gasteiger partial charge >= 0.3 is 6.18 Å². The minimum Gasteiger partial charge on any atom is -0.389 e. The van der Waals surface area contributed by atoms with Gasteiger partial charge in [-0.1, -0.05) is 6.07 Å². The smallest absolute Gasteiger partial charge is 0.389 e. The molecule has 0 saturated carbocycles. The van der Waals surface area contributed by atoms with Gasteiger partial charge in [0.1, 0.15) is 0 Å². The van der Waals surface area contributed by atoms with E-state index in [0.29, 0.717) is 5.56 Å². The molecule has 1 aromatic heterocycles. The van der Waals surface area contributed by atoms with E-state index in [9.17, 15) is 22.8 Å². The van der Waals surface area contributed by atoms with E-state index in [0.717, 1.165) is 18.2 Å². The lowest BCUT2D eigenvalue weighted by molar-refractivity contribution is -0.137. The highest BCUT2D eigenvalue weighted by atomic mass is 32.1. The first-order valence-corrected chi connectivity index (χ1v) is 8.15. The summed E-state index contributed by atoms with van der Waals surface area (Å²) >= 11 is 1.33. The molecule has 0 fully saturated rings. The molecule has 1 aromatic carbocycles. The Morgan fingerprint density at radius 3 is 2.65 bits per heavy atom. The van der Waals surface area contributed by atoms with Crippen LogP contribution in [0.25, 0.3) is 0 Å². The van der Waals surface area contributed by atoms with E-state index < -0.39 is 29.1 Å². The molecule has 1 unspecified atom stereocenters. The fraction of sp³-hybridized carbons (Fsp3) is 0.125. The van der Waals surface area contributed by atoms with Crippen LogP contribution in [0.15, 0.2) is 53.1 Å². The number of primary amides is 1. The van der Waals surface area contributed by atoms with Gasteiger partial charge in [0.15, 0.2) is 5.54 Å². The average molecular weight is 383 g/mol. The number of benzene rings is 1. The van der Waals surface area contributed by atoms with E-state index in [2.05, 4.69) is 10.8 Å². The van der Waals surface area contributed by atoms with E-state index in [1.54, 1.807) is 16.8 Å². The number of carbonyl (C=O) groups is 2. The van der Waals surface area contributed by atoms with E-state index in [-0.39, 0.29) is 11.4 Å². The number of amides is 2.